The normalized spacial score (nSPS) is 11.1. The van der Waals surface area contributed by atoms with E-state index in [2.05, 4.69) is 6.92 Å². The summed E-state index contributed by atoms with van der Waals surface area (Å²) >= 11 is 0. The molecule has 0 atom stereocenters. The van der Waals surface area contributed by atoms with Crippen molar-refractivity contribution in [1.82, 2.24) is 0 Å². The summed E-state index contributed by atoms with van der Waals surface area (Å²) in [6, 6.07) is 0. The molecule has 0 N–H and O–H groups in total. The predicted octanol–water partition coefficient (Wildman–Crippen LogP) is 6.16. The molecule has 0 radical (unpaired) electrons. The Morgan fingerprint density at radius 1 is 0.667 bits per heavy atom. The molecule has 0 amide bonds. The number of allylic oxidation sites excluding steroid dienone is 1. The maximum Gasteiger partial charge on any atom is 0.330 e. The minimum atomic E-state index is -0.434. The molecule has 0 fully saturated rings. The second-order valence-corrected chi connectivity index (χ2v) is 6.54. The Morgan fingerprint density at radius 2 is 1.12 bits per heavy atom. The minimum absolute atomic E-state index is 0.0196. The van der Waals surface area contributed by atoms with Gasteiger partial charge in [0.25, 0.3) is 0 Å². The van der Waals surface area contributed by atoms with E-state index in [0.717, 1.165) is 12.8 Å². The van der Waals surface area contributed by atoms with Gasteiger partial charge in [0.15, 0.2) is 5.78 Å². The molecule has 0 aromatic heterocycles. The average Bonchev–Trinajstić information content (AvgIpc) is 2.57. The first-order valence-electron chi connectivity index (χ1n) is 10.1. The molecule has 24 heavy (non-hydrogen) atoms. The number of carbonyl (C=O) groups is 2. The number of ketones is 1. The topological polar surface area (TPSA) is 43.4 Å². The van der Waals surface area contributed by atoms with Crippen LogP contribution in [-0.2, 0) is 14.3 Å². The highest BCUT2D eigenvalue weighted by Crippen LogP contribution is 2.13. The Hall–Kier alpha value is -1.12. The molecule has 0 spiro atoms. The lowest BCUT2D eigenvalue weighted by atomic mass is 10.0. The van der Waals surface area contributed by atoms with Gasteiger partial charge in [-0.3, -0.25) is 4.79 Å². The monoisotopic (exact) mass is 338 g/mol. The third-order valence-corrected chi connectivity index (χ3v) is 4.22. The first-order valence-corrected chi connectivity index (χ1v) is 10.1. The van der Waals surface area contributed by atoms with Crippen LogP contribution >= 0.6 is 0 Å². The van der Waals surface area contributed by atoms with Gasteiger partial charge in [0, 0.05) is 12.5 Å². The van der Waals surface area contributed by atoms with E-state index in [1.165, 1.54) is 82.8 Å². The summed E-state index contributed by atoms with van der Waals surface area (Å²) < 4.78 is 4.74. The van der Waals surface area contributed by atoms with E-state index in [1.54, 1.807) is 6.92 Å². The first-order chi connectivity index (χ1) is 11.7. The SMILES string of the molecule is CCCCCCCCCCCCCCCC(=O)/C=C\C(=O)OCC. The van der Waals surface area contributed by atoms with Crippen LogP contribution in [0.15, 0.2) is 12.2 Å². The van der Waals surface area contributed by atoms with Crippen molar-refractivity contribution in [3.63, 3.8) is 0 Å². The Bertz CT molecular complexity index is 334. The van der Waals surface area contributed by atoms with Crippen LogP contribution in [0.3, 0.4) is 0 Å². The molecule has 0 aliphatic rings. The minimum Gasteiger partial charge on any atom is -0.463 e. The van der Waals surface area contributed by atoms with E-state index in [0.29, 0.717) is 13.0 Å². The molecule has 0 saturated carbocycles. The van der Waals surface area contributed by atoms with Gasteiger partial charge in [0.1, 0.15) is 0 Å². The van der Waals surface area contributed by atoms with Crippen LogP contribution in [0.2, 0.25) is 0 Å². The second-order valence-electron chi connectivity index (χ2n) is 6.54. The van der Waals surface area contributed by atoms with E-state index in [-0.39, 0.29) is 5.78 Å². The number of ether oxygens (including phenoxy) is 1. The number of esters is 1. The van der Waals surface area contributed by atoms with E-state index in [1.807, 2.05) is 0 Å². The fourth-order valence-electron chi connectivity index (χ4n) is 2.75. The zero-order valence-corrected chi connectivity index (χ0v) is 16.0. The van der Waals surface area contributed by atoms with E-state index in [9.17, 15) is 9.59 Å². The third kappa shape index (κ3) is 17.2. The first kappa shape index (κ1) is 22.9. The average molecular weight is 339 g/mol. The van der Waals surface area contributed by atoms with Crippen LogP contribution in [-0.4, -0.2) is 18.4 Å². The molecule has 0 unspecified atom stereocenters. The lowest BCUT2D eigenvalue weighted by Gasteiger charge is -2.02. The van der Waals surface area contributed by atoms with Crippen LogP contribution < -0.4 is 0 Å². The summed E-state index contributed by atoms with van der Waals surface area (Å²) in [6.07, 6.45) is 20.0. The molecular formula is C21H38O3. The Morgan fingerprint density at radius 3 is 1.58 bits per heavy atom. The van der Waals surface area contributed by atoms with E-state index in [4.69, 9.17) is 4.74 Å². The number of hydrogen-bond donors (Lipinski definition) is 0. The van der Waals surface area contributed by atoms with E-state index < -0.39 is 5.97 Å². The molecule has 0 aromatic rings. The highest BCUT2D eigenvalue weighted by molar-refractivity contribution is 5.95. The molecule has 0 aromatic carbocycles. The Balaban J connectivity index is 3.27. The molecule has 0 rings (SSSR count). The smallest absolute Gasteiger partial charge is 0.330 e. The molecule has 140 valence electrons. The van der Waals surface area contributed by atoms with Gasteiger partial charge in [-0.05, 0) is 19.4 Å². The molecule has 0 bridgehead atoms. The zero-order valence-electron chi connectivity index (χ0n) is 16.0. The van der Waals surface area contributed by atoms with Crippen molar-refractivity contribution in [3.8, 4) is 0 Å². The molecule has 3 nitrogen and oxygen atoms in total. The molecule has 0 aliphatic carbocycles. The van der Waals surface area contributed by atoms with Gasteiger partial charge in [0.2, 0.25) is 0 Å². The van der Waals surface area contributed by atoms with Gasteiger partial charge in [-0.1, -0.05) is 84.0 Å². The van der Waals surface area contributed by atoms with Crippen molar-refractivity contribution in [2.24, 2.45) is 0 Å². The predicted molar refractivity (Wildman–Crippen MR) is 101 cm³/mol. The van der Waals surface area contributed by atoms with Crippen molar-refractivity contribution in [3.05, 3.63) is 12.2 Å². The number of carbonyl (C=O) groups excluding carboxylic acids is 2. The maximum atomic E-state index is 11.6. The van der Waals surface area contributed by atoms with Crippen LogP contribution in [0.25, 0.3) is 0 Å². The largest absolute Gasteiger partial charge is 0.463 e. The lowest BCUT2D eigenvalue weighted by molar-refractivity contribution is -0.137. The fraction of sp³-hybridized carbons (Fsp3) is 0.810. The number of hydrogen-bond acceptors (Lipinski definition) is 3. The summed E-state index contributed by atoms with van der Waals surface area (Å²) in [7, 11) is 0. The van der Waals surface area contributed by atoms with Crippen LogP contribution in [0.5, 0.6) is 0 Å². The quantitative estimate of drug-likeness (QED) is 0.181. The van der Waals surface area contributed by atoms with Crippen LogP contribution in [0, 0.1) is 0 Å². The summed E-state index contributed by atoms with van der Waals surface area (Å²) in [6.45, 7) is 4.35. The van der Waals surface area contributed by atoms with Gasteiger partial charge >= 0.3 is 5.97 Å². The van der Waals surface area contributed by atoms with Crippen molar-refractivity contribution in [2.45, 2.75) is 104 Å². The van der Waals surface area contributed by atoms with Gasteiger partial charge < -0.3 is 4.74 Å². The molecule has 0 saturated heterocycles. The third-order valence-electron chi connectivity index (χ3n) is 4.22. The van der Waals surface area contributed by atoms with Gasteiger partial charge in [-0.15, -0.1) is 0 Å². The molecular weight excluding hydrogens is 300 g/mol. The Labute approximate surface area is 149 Å². The Kier molecular flexibility index (Phi) is 17.4. The standard InChI is InChI=1S/C21H38O3/c1-3-5-6-7-8-9-10-11-12-13-14-15-16-17-20(22)18-19-21(23)24-4-2/h18-19H,3-17H2,1-2H3/b19-18-. The highest BCUT2D eigenvalue weighted by atomic mass is 16.5. The highest BCUT2D eigenvalue weighted by Gasteiger charge is 2.00. The second kappa shape index (κ2) is 18.2. The summed E-state index contributed by atoms with van der Waals surface area (Å²) in [5, 5.41) is 0. The summed E-state index contributed by atoms with van der Waals surface area (Å²) in [5.74, 6) is -0.415. The molecule has 0 heterocycles. The van der Waals surface area contributed by atoms with Crippen molar-refractivity contribution >= 4 is 11.8 Å². The van der Waals surface area contributed by atoms with E-state index >= 15 is 0 Å². The maximum absolute atomic E-state index is 11.6. The fourth-order valence-corrected chi connectivity index (χ4v) is 2.75. The van der Waals surface area contributed by atoms with Crippen LogP contribution in [0.1, 0.15) is 104 Å². The molecule has 3 heteroatoms. The molecule has 0 aliphatic heterocycles. The summed E-state index contributed by atoms with van der Waals surface area (Å²) in [5.41, 5.74) is 0. The van der Waals surface area contributed by atoms with Gasteiger partial charge in [-0.25, -0.2) is 4.79 Å². The van der Waals surface area contributed by atoms with Crippen molar-refractivity contribution < 1.29 is 14.3 Å². The zero-order chi connectivity index (χ0) is 17.9. The number of unbranched alkanes of at least 4 members (excludes halogenated alkanes) is 12. The van der Waals surface area contributed by atoms with Gasteiger partial charge in [-0.2, -0.15) is 0 Å². The van der Waals surface area contributed by atoms with Crippen molar-refractivity contribution in [1.29, 1.82) is 0 Å². The number of rotatable bonds is 17. The van der Waals surface area contributed by atoms with Crippen LogP contribution in [0.4, 0.5) is 0 Å². The lowest BCUT2D eigenvalue weighted by Crippen LogP contribution is -2.01. The summed E-state index contributed by atoms with van der Waals surface area (Å²) in [4.78, 5) is 22.6. The van der Waals surface area contributed by atoms with Gasteiger partial charge in [0.05, 0.1) is 6.61 Å². The van der Waals surface area contributed by atoms with Crippen molar-refractivity contribution in [2.75, 3.05) is 6.61 Å².